The highest BCUT2D eigenvalue weighted by atomic mass is 35.5. The largest absolute Gasteiger partial charge is 0.388 e. The molecule has 2 aromatic rings. The highest BCUT2D eigenvalue weighted by molar-refractivity contribution is 6.34. The van der Waals surface area contributed by atoms with Crippen molar-refractivity contribution in [3.05, 3.63) is 52.5 Å². The van der Waals surface area contributed by atoms with E-state index >= 15 is 0 Å². The fourth-order valence-corrected chi connectivity index (χ4v) is 4.21. The minimum absolute atomic E-state index is 0.150. The number of aliphatic hydroxyl groups is 1. The second-order valence-electron chi connectivity index (χ2n) is 8.14. The van der Waals surface area contributed by atoms with Crippen LogP contribution >= 0.6 is 11.6 Å². The average molecular weight is 443 g/mol. The maximum Gasteiger partial charge on any atom is 0.255 e. The van der Waals surface area contributed by atoms with Crippen LogP contribution in [0.5, 0.6) is 0 Å². The summed E-state index contributed by atoms with van der Waals surface area (Å²) >= 11 is 6.49. The number of hydrogen-bond donors (Lipinski definition) is 3. The Morgan fingerprint density at radius 2 is 1.68 bits per heavy atom. The maximum atomic E-state index is 13.0. The summed E-state index contributed by atoms with van der Waals surface area (Å²) in [6, 6.07) is 11.4. The Hall–Kier alpha value is -2.61. The lowest BCUT2D eigenvalue weighted by Crippen LogP contribution is -2.53. The van der Waals surface area contributed by atoms with Gasteiger partial charge in [-0.25, -0.2) is 0 Å². The number of nitrogens with zero attached hydrogens (tertiary/aromatic N) is 2. The third-order valence-corrected chi connectivity index (χ3v) is 6.42. The molecule has 4 rings (SSSR count). The van der Waals surface area contributed by atoms with Gasteiger partial charge < -0.3 is 26.0 Å². The van der Waals surface area contributed by atoms with E-state index in [4.69, 9.17) is 17.3 Å². The number of anilines is 1. The van der Waals surface area contributed by atoms with Crippen molar-refractivity contribution in [2.24, 2.45) is 5.73 Å². The zero-order chi connectivity index (χ0) is 22.2. The van der Waals surface area contributed by atoms with Gasteiger partial charge in [-0.2, -0.15) is 0 Å². The number of halogens is 1. The van der Waals surface area contributed by atoms with Crippen molar-refractivity contribution in [3.63, 3.8) is 0 Å². The number of benzene rings is 2. The molecule has 1 aliphatic heterocycles. The third-order valence-electron chi connectivity index (χ3n) is 6.11. The Balaban J connectivity index is 1.46. The number of carbonyl (C=O) groups is 2. The van der Waals surface area contributed by atoms with Crippen LogP contribution in [0.1, 0.15) is 28.8 Å². The lowest BCUT2D eigenvalue weighted by molar-refractivity contribution is -0.143. The molecular weight excluding hydrogens is 416 g/mol. The molecule has 1 saturated heterocycles. The monoisotopic (exact) mass is 442 g/mol. The number of rotatable bonds is 5. The first-order valence-electron chi connectivity index (χ1n) is 10.5. The molecule has 0 atom stereocenters. The molecule has 0 radical (unpaired) electrons. The van der Waals surface area contributed by atoms with Crippen LogP contribution in [0.2, 0.25) is 5.02 Å². The molecule has 0 spiro atoms. The number of hydrogen-bond acceptors (Lipinski definition) is 5. The lowest BCUT2D eigenvalue weighted by atomic mass is 10.0. The summed E-state index contributed by atoms with van der Waals surface area (Å²) in [5, 5.41) is 13.6. The Labute approximate surface area is 186 Å². The standard InChI is InChI=1S/C23H27ClN4O3/c1-26-20-13-16(2-3-17(20)14-25)15-4-5-18(19(24)12-15)21(29)27-8-10-28(11-9-27)22(30)23(31)6-7-23/h2-5,12-13,26,31H,6-11,14,25H2,1H3. The van der Waals surface area contributed by atoms with Crippen LogP contribution in [-0.2, 0) is 11.3 Å². The van der Waals surface area contributed by atoms with E-state index in [1.807, 2.05) is 31.3 Å². The minimum atomic E-state index is -1.17. The molecule has 8 heteroatoms. The van der Waals surface area contributed by atoms with Gasteiger partial charge in [-0.1, -0.05) is 29.8 Å². The molecule has 4 N–H and O–H groups in total. The number of piperazine rings is 1. The third kappa shape index (κ3) is 4.26. The summed E-state index contributed by atoms with van der Waals surface area (Å²) in [6.45, 7) is 2.13. The van der Waals surface area contributed by atoms with Crippen LogP contribution in [0.15, 0.2) is 36.4 Å². The SMILES string of the molecule is CNc1cc(-c2ccc(C(=O)N3CCN(C(=O)C4(O)CC4)CC3)c(Cl)c2)ccc1CN. The van der Waals surface area contributed by atoms with Crippen LogP contribution in [0.3, 0.4) is 0 Å². The molecule has 0 aromatic heterocycles. The number of carbonyl (C=O) groups excluding carboxylic acids is 2. The first-order chi connectivity index (χ1) is 14.9. The van der Waals surface area contributed by atoms with Crippen LogP contribution in [0.4, 0.5) is 5.69 Å². The topological polar surface area (TPSA) is 98.9 Å². The van der Waals surface area contributed by atoms with Gasteiger partial charge in [0.15, 0.2) is 0 Å². The predicted octanol–water partition coefficient (Wildman–Crippen LogP) is 2.32. The molecule has 7 nitrogen and oxygen atoms in total. The van der Waals surface area contributed by atoms with Crippen molar-refractivity contribution in [3.8, 4) is 11.1 Å². The van der Waals surface area contributed by atoms with Gasteiger partial charge in [-0.05, 0) is 47.7 Å². The Morgan fingerprint density at radius 3 is 2.26 bits per heavy atom. The molecule has 2 aromatic carbocycles. The van der Waals surface area contributed by atoms with Crippen LogP contribution in [0, 0.1) is 0 Å². The summed E-state index contributed by atoms with van der Waals surface area (Å²) in [6.07, 6.45) is 1.05. The second-order valence-corrected chi connectivity index (χ2v) is 8.54. The highest BCUT2D eigenvalue weighted by Crippen LogP contribution is 2.37. The molecule has 2 aliphatic rings. The quantitative estimate of drug-likeness (QED) is 0.660. The maximum absolute atomic E-state index is 13.0. The molecular formula is C23H27ClN4O3. The van der Waals surface area contributed by atoms with E-state index in [9.17, 15) is 14.7 Å². The molecule has 2 amide bonds. The summed E-state index contributed by atoms with van der Waals surface area (Å²) < 4.78 is 0. The zero-order valence-electron chi connectivity index (χ0n) is 17.5. The molecule has 0 unspecified atom stereocenters. The van der Waals surface area contributed by atoms with Crippen molar-refractivity contribution in [2.45, 2.75) is 25.0 Å². The summed E-state index contributed by atoms with van der Waals surface area (Å²) in [5.41, 5.74) is 8.92. The molecule has 2 fully saturated rings. The molecule has 1 saturated carbocycles. The van der Waals surface area contributed by atoms with Gasteiger partial charge in [-0.15, -0.1) is 0 Å². The van der Waals surface area contributed by atoms with Crippen molar-refractivity contribution in [2.75, 3.05) is 38.5 Å². The van der Waals surface area contributed by atoms with E-state index in [1.165, 1.54) is 0 Å². The van der Waals surface area contributed by atoms with Crippen molar-refractivity contribution < 1.29 is 14.7 Å². The minimum Gasteiger partial charge on any atom is -0.388 e. The van der Waals surface area contributed by atoms with E-state index in [-0.39, 0.29) is 11.8 Å². The molecule has 1 aliphatic carbocycles. The number of amides is 2. The first-order valence-corrected chi connectivity index (χ1v) is 10.9. The molecule has 0 bridgehead atoms. The summed E-state index contributed by atoms with van der Waals surface area (Å²) in [4.78, 5) is 28.6. The fraction of sp³-hybridized carbons (Fsp3) is 0.391. The highest BCUT2D eigenvalue weighted by Gasteiger charge is 2.50. The van der Waals surface area contributed by atoms with E-state index in [0.29, 0.717) is 56.2 Å². The van der Waals surface area contributed by atoms with E-state index in [0.717, 1.165) is 22.4 Å². The molecule has 164 valence electrons. The Bertz CT molecular complexity index is 1010. The Kier molecular flexibility index (Phi) is 5.92. The van der Waals surface area contributed by atoms with Gasteiger partial charge in [-0.3, -0.25) is 9.59 Å². The molecule has 31 heavy (non-hydrogen) atoms. The summed E-state index contributed by atoms with van der Waals surface area (Å²) in [5.74, 6) is -0.369. The Morgan fingerprint density at radius 1 is 1.06 bits per heavy atom. The van der Waals surface area contributed by atoms with Gasteiger partial charge in [0.25, 0.3) is 11.8 Å². The lowest BCUT2D eigenvalue weighted by Gasteiger charge is -2.36. The number of nitrogens with one attached hydrogen (secondary N) is 1. The fourth-order valence-electron chi connectivity index (χ4n) is 3.94. The average Bonchev–Trinajstić information content (AvgIpc) is 3.56. The van der Waals surface area contributed by atoms with Gasteiger partial charge in [0.1, 0.15) is 5.60 Å². The van der Waals surface area contributed by atoms with Gasteiger partial charge >= 0.3 is 0 Å². The van der Waals surface area contributed by atoms with Crippen molar-refractivity contribution >= 4 is 29.1 Å². The van der Waals surface area contributed by atoms with E-state index in [2.05, 4.69) is 5.32 Å². The van der Waals surface area contributed by atoms with Crippen molar-refractivity contribution in [1.29, 1.82) is 0 Å². The normalized spacial score (nSPS) is 17.4. The second kappa shape index (κ2) is 8.49. The van der Waals surface area contributed by atoms with Crippen LogP contribution < -0.4 is 11.1 Å². The van der Waals surface area contributed by atoms with Crippen LogP contribution in [-0.4, -0.2) is 65.5 Å². The van der Waals surface area contributed by atoms with Crippen molar-refractivity contribution in [1.82, 2.24) is 9.80 Å². The molecule has 1 heterocycles. The zero-order valence-corrected chi connectivity index (χ0v) is 18.3. The first kappa shape index (κ1) is 21.6. The van der Waals surface area contributed by atoms with Gasteiger partial charge in [0.05, 0.1) is 10.6 Å². The van der Waals surface area contributed by atoms with Crippen LogP contribution in [0.25, 0.3) is 11.1 Å². The van der Waals surface area contributed by atoms with E-state index in [1.54, 1.807) is 21.9 Å². The van der Waals surface area contributed by atoms with Gasteiger partial charge in [0.2, 0.25) is 0 Å². The predicted molar refractivity (Wildman–Crippen MR) is 121 cm³/mol. The van der Waals surface area contributed by atoms with Gasteiger partial charge in [0, 0.05) is 45.5 Å². The number of nitrogens with two attached hydrogens (primary N) is 1. The van der Waals surface area contributed by atoms with E-state index < -0.39 is 5.60 Å². The summed E-state index contributed by atoms with van der Waals surface area (Å²) in [7, 11) is 1.85. The smallest absolute Gasteiger partial charge is 0.255 e.